The summed E-state index contributed by atoms with van der Waals surface area (Å²) in [4.78, 5) is 11.3. The van der Waals surface area contributed by atoms with E-state index in [4.69, 9.17) is 10.3 Å². The third kappa shape index (κ3) is 1.15. The van der Waals surface area contributed by atoms with Gasteiger partial charge in [-0.3, -0.25) is 4.79 Å². The number of fused-ring (bicyclic) bond motifs is 4. The molecule has 0 aliphatic heterocycles. The Morgan fingerprint density at radius 2 is 2.22 bits per heavy atom. The summed E-state index contributed by atoms with van der Waals surface area (Å²) in [5.74, 6) is 0.389. The molecule has 90 valence electrons. The number of aromatic nitrogens is 1. The van der Waals surface area contributed by atoms with Crippen LogP contribution in [0, 0.1) is 0 Å². The summed E-state index contributed by atoms with van der Waals surface area (Å²) in [5, 5.41) is 3.88. The van der Waals surface area contributed by atoms with Crippen LogP contribution in [0.4, 0.5) is 0 Å². The van der Waals surface area contributed by atoms with Crippen LogP contribution >= 0.6 is 0 Å². The third-order valence-electron chi connectivity index (χ3n) is 4.15. The van der Waals surface area contributed by atoms with Gasteiger partial charge in [-0.05, 0) is 37.0 Å². The molecule has 1 amide bonds. The van der Waals surface area contributed by atoms with Crippen molar-refractivity contribution in [2.45, 2.75) is 24.7 Å². The van der Waals surface area contributed by atoms with Gasteiger partial charge in [0.15, 0.2) is 5.76 Å². The first-order chi connectivity index (χ1) is 8.70. The molecule has 1 aromatic carbocycles. The average Bonchev–Trinajstić information content (AvgIpc) is 2.97. The van der Waals surface area contributed by atoms with Gasteiger partial charge in [-0.25, -0.2) is 0 Å². The smallest absolute Gasteiger partial charge is 0.248 e. The van der Waals surface area contributed by atoms with Gasteiger partial charge >= 0.3 is 0 Å². The second kappa shape index (κ2) is 3.02. The predicted octanol–water partition coefficient (Wildman–Crippen LogP) is 2.03. The van der Waals surface area contributed by atoms with Gasteiger partial charge in [0.1, 0.15) is 0 Å². The Morgan fingerprint density at radius 1 is 1.39 bits per heavy atom. The Morgan fingerprint density at radius 3 is 2.94 bits per heavy atom. The molecule has 0 unspecified atom stereocenters. The maximum Gasteiger partial charge on any atom is 0.248 e. The van der Waals surface area contributed by atoms with Crippen molar-refractivity contribution in [3.05, 3.63) is 41.1 Å². The van der Waals surface area contributed by atoms with Crippen LogP contribution in [0.1, 0.15) is 34.3 Å². The SMILES string of the molecule is NC(=O)c1ccc2c(c1)-c1oncc1CC21CC1. The highest BCUT2D eigenvalue weighted by Crippen LogP contribution is 2.57. The number of nitrogens with two attached hydrogens (primary N) is 1. The molecule has 4 heteroatoms. The highest BCUT2D eigenvalue weighted by molar-refractivity contribution is 5.94. The van der Waals surface area contributed by atoms with Crippen LogP contribution in [-0.4, -0.2) is 11.1 Å². The number of hydrogen-bond acceptors (Lipinski definition) is 3. The zero-order valence-electron chi connectivity index (χ0n) is 9.77. The molecule has 1 fully saturated rings. The van der Waals surface area contributed by atoms with E-state index in [1.54, 1.807) is 6.20 Å². The van der Waals surface area contributed by atoms with E-state index >= 15 is 0 Å². The second-order valence-electron chi connectivity index (χ2n) is 5.26. The highest BCUT2D eigenvalue weighted by atomic mass is 16.5. The first-order valence-electron chi connectivity index (χ1n) is 6.08. The molecule has 4 nitrogen and oxygen atoms in total. The lowest BCUT2D eigenvalue weighted by atomic mass is 9.79. The zero-order chi connectivity index (χ0) is 12.3. The monoisotopic (exact) mass is 240 g/mol. The standard InChI is InChI=1S/C14H12N2O2/c15-13(17)8-1-2-11-10(5-8)12-9(7-16-18-12)6-14(11)3-4-14/h1-2,5,7H,3-4,6H2,(H2,15,17). The van der Waals surface area contributed by atoms with Gasteiger partial charge in [-0.2, -0.15) is 0 Å². The predicted molar refractivity (Wildman–Crippen MR) is 65.1 cm³/mol. The molecular weight excluding hydrogens is 228 g/mol. The minimum atomic E-state index is -0.408. The molecule has 1 heterocycles. The molecule has 4 rings (SSSR count). The van der Waals surface area contributed by atoms with E-state index in [9.17, 15) is 4.79 Å². The normalized spacial score (nSPS) is 18.2. The van der Waals surface area contributed by atoms with Crippen LogP contribution in [0.15, 0.2) is 28.9 Å². The Balaban J connectivity index is 2.00. The van der Waals surface area contributed by atoms with E-state index < -0.39 is 5.91 Å². The molecule has 2 aliphatic carbocycles. The summed E-state index contributed by atoms with van der Waals surface area (Å²) in [7, 11) is 0. The van der Waals surface area contributed by atoms with E-state index in [1.807, 2.05) is 18.2 Å². The Hall–Kier alpha value is -2.10. The van der Waals surface area contributed by atoms with Crippen molar-refractivity contribution in [1.29, 1.82) is 0 Å². The largest absolute Gasteiger partial charge is 0.366 e. The fourth-order valence-corrected chi connectivity index (χ4v) is 3.01. The van der Waals surface area contributed by atoms with Crippen molar-refractivity contribution in [2.24, 2.45) is 5.73 Å². The van der Waals surface area contributed by atoms with Crippen molar-refractivity contribution < 1.29 is 9.32 Å². The lowest BCUT2D eigenvalue weighted by molar-refractivity contribution is 0.100. The van der Waals surface area contributed by atoms with Crippen LogP contribution in [-0.2, 0) is 11.8 Å². The Bertz CT molecular complexity index is 668. The van der Waals surface area contributed by atoms with Crippen molar-refractivity contribution >= 4 is 5.91 Å². The topological polar surface area (TPSA) is 69.1 Å². The summed E-state index contributed by atoms with van der Waals surface area (Å²) in [5.41, 5.74) is 9.52. The molecule has 2 aliphatic rings. The molecule has 0 atom stereocenters. The average molecular weight is 240 g/mol. The molecule has 18 heavy (non-hydrogen) atoms. The molecule has 2 N–H and O–H groups in total. The van der Waals surface area contributed by atoms with Gasteiger partial charge in [0.05, 0.1) is 6.20 Å². The van der Waals surface area contributed by atoms with Gasteiger partial charge in [0.25, 0.3) is 0 Å². The number of amides is 1. The summed E-state index contributed by atoms with van der Waals surface area (Å²) in [6.07, 6.45) is 5.17. The Kier molecular flexibility index (Phi) is 1.66. The minimum Gasteiger partial charge on any atom is -0.366 e. The number of primary amides is 1. The summed E-state index contributed by atoms with van der Waals surface area (Å²) >= 11 is 0. The number of nitrogens with zero attached hydrogens (tertiary/aromatic N) is 1. The van der Waals surface area contributed by atoms with E-state index in [-0.39, 0.29) is 5.41 Å². The maximum atomic E-state index is 11.3. The molecule has 0 radical (unpaired) electrons. The zero-order valence-corrected chi connectivity index (χ0v) is 9.77. The van der Waals surface area contributed by atoms with E-state index in [0.717, 1.165) is 23.3 Å². The lowest BCUT2D eigenvalue weighted by Crippen LogP contribution is -2.18. The maximum absolute atomic E-state index is 11.3. The first-order valence-corrected chi connectivity index (χ1v) is 6.08. The van der Waals surface area contributed by atoms with Gasteiger partial charge in [0.2, 0.25) is 5.91 Å². The van der Waals surface area contributed by atoms with Crippen LogP contribution in [0.25, 0.3) is 11.3 Å². The molecule has 0 saturated heterocycles. The van der Waals surface area contributed by atoms with Crippen LogP contribution in [0.2, 0.25) is 0 Å². The summed E-state index contributed by atoms with van der Waals surface area (Å²) < 4.78 is 5.34. The van der Waals surface area contributed by atoms with Crippen LogP contribution < -0.4 is 5.73 Å². The van der Waals surface area contributed by atoms with E-state index in [0.29, 0.717) is 5.56 Å². The number of rotatable bonds is 1. The fourth-order valence-electron chi connectivity index (χ4n) is 3.01. The van der Waals surface area contributed by atoms with E-state index in [1.165, 1.54) is 18.4 Å². The van der Waals surface area contributed by atoms with Crippen LogP contribution in [0.3, 0.4) is 0 Å². The molecular formula is C14H12N2O2. The fraction of sp³-hybridized carbons (Fsp3) is 0.286. The third-order valence-corrected chi connectivity index (χ3v) is 4.15. The molecule has 0 bridgehead atoms. The molecule has 1 saturated carbocycles. The number of hydrogen-bond donors (Lipinski definition) is 1. The first kappa shape index (κ1) is 9.88. The van der Waals surface area contributed by atoms with Gasteiger partial charge < -0.3 is 10.3 Å². The van der Waals surface area contributed by atoms with Gasteiger partial charge in [-0.1, -0.05) is 11.2 Å². The van der Waals surface area contributed by atoms with E-state index in [2.05, 4.69) is 5.16 Å². The van der Waals surface area contributed by atoms with Gasteiger partial charge in [0, 0.05) is 22.1 Å². The van der Waals surface area contributed by atoms with Crippen LogP contribution in [0.5, 0.6) is 0 Å². The Labute approximate surface area is 104 Å². The van der Waals surface area contributed by atoms with Crippen molar-refractivity contribution in [1.82, 2.24) is 5.16 Å². The van der Waals surface area contributed by atoms with Crippen molar-refractivity contribution in [3.8, 4) is 11.3 Å². The molecule has 2 aromatic rings. The number of benzene rings is 1. The quantitative estimate of drug-likeness (QED) is 0.829. The molecule has 1 spiro atoms. The summed E-state index contributed by atoms with van der Waals surface area (Å²) in [6.45, 7) is 0. The van der Waals surface area contributed by atoms with Crippen molar-refractivity contribution in [3.63, 3.8) is 0 Å². The molecule has 1 aromatic heterocycles. The van der Waals surface area contributed by atoms with Gasteiger partial charge in [-0.15, -0.1) is 0 Å². The minimum absolute atomic E-state index is 0.254. The summed E-state index contributed by atoms with van der Waals surface area (Å²) in [6, 6.07) is 5.66. The lowest BCUT2D eigenvalue weighted by Gasteiger charge is -2.24. The highest BCUT2D eigenvalue weighted by Gasteiger charge is 2.49. The number of carbonyl (C=O) groups is 1. The number of carbonyl (C=O) groups excluding carboxylic acids is 1. The van der Waals surface area contributed by atoms with Crippen molar-refractivity contribution in [2.75, 3.05) is 0 Å². The second-order valence-corrected chi connectivity index (χ2v) is 5.26.